The van der Waals surface area contributed by atoms with Crippen molar-refractivity contribution < 1.29 is 18.1 Å². The van der Waals surface area contributed by atoms with Crippen molar-refractivity contribution in [2.24, 2.45) is 0 Å². The molecule has 0 aliphatic rings. The predicted octanol–water partition coefficient (Wildman–Crippen LogP) is -0.938. The molecule has 0 fully saturated rings. The van der Waals surface area contributed by atoms with Crippen LogP contribution < -0.4 is 9.67 Å². The summed E-state index contributed by atoms with van der Waals surface area (Å²) in [5.74, 6) is -0.616. The van der Waals surface area contributed by atoms with E-state index in [1.807, 2.05) is 6.07 Å². The third-order valence-corrected chi connectivity index (χ3v) is 7.78. The SMILES string of the molecule is O=S(=O)(O)CNc1cc([As]=[Bi])ccc1O. The molecule has 81 valence electrons. The first-order valence-electron chi connectivity index (χ1n) is 3.79. The standard InChI is InChI=1S/C7H8AsNO4S.Bi/c8-5-1-2-7(10)6(3-5)9-4-14(11,12)13;/h1-3,9-10H,4H2,(H,11,12,13);. The van der Waals surface area contributed by atoms with Crippen molar-refractivity contribution in [3.05, 3.63) is 18.2 Å². The van der Waals surface area contributed by atoms with Crippen LogP contribution in [0.2, 0.25) is 0 Å². The first-order valence-corrected chi connectivity index (χ1v) is 15.3. The molecule has 0 aliphatic carbocycles. The van der Waals surface area contributed by atoms with E-state index in [1.165, 1.54) is 27.6 Å². The molecule has 0 unspecified atom stereocenters. The third kappa shape index (κ3) is 4.68. The van der Waals surface area contributed by atoms with E-state index in [2.05, 4.69) is 5.32 Å². The molecule has 0 aromatic heterocycles. The Labute approximate surface area is 105 Å². The Kier molecular flexibility index (Phi) is 4.84. The molecule has 0 saturated heterocycles. The summed E-state index contributed by atoms with van der Waals surface area (Å²) in [6.45, 7) is 0. The zero-order valence-corrected chi connectivity index (χ0v) is 13.6. The van der Waals surface area contributed by atoms with E-state index in [-0.39, 0.29) is 17.1 Å². The zero-order valence-electron chi connectivity index (χ0n) is 7.45. The molecule has 1 rings (SSSR count). The van der Waals surface area contributed by atoms with Crippen LogP contribution >= 0.6 is 0 Å². The van der Waals surface area contributed by atoms with E-state index in [0.29, 0.717) is 5.69 Å². The maximum absolute atomic E-state index is 10.5. The number of anilines is 1. The minimum atomic E-state index is -4.07. The Morgan fingerprint density at radius 3 is 2.67 bits per heavy atom. The van der Waals surface area contributed by atoms with Gasteiger partial charge in [-0.25, -0.2) is 0 Å². The summed E-state index contributed by atoms with van der Waals surface area (Å²) in [4.78, 5) is 0. The molecule has 0 atom stereocenters. The second kappa shape index (κ2) is 5.49. The van der Waals surface area contributed by atoms with E-state index in [0.717, 1.165) is 4.35 Å². The van der Waals surface area contributed by atoms with Gasteiger partial charge in [0.2, 0.25) is 0 Å². The number of hydrogen-bond acceptors (Lipinski definition) is 4. The topological polar surface area (TPSA) is 86.6 Å². The van der Waals surface area contributed by atoms with E-state index < -0.39 is 16.0 Å². The molecular weight excluding hydrogens is 478 g/mol. The van der Waals surface area contributed by atoms with E-state index in [9.17, 15) is 13.5 Å². The Bertz CT molecular complexity index is 476. The Balaban J connectivity index is 2.89. The molecule has 3 N–H and O–H groups in total. The number of benzene rings is 1. The molecule has 0 aliphatic heterocycles. The number of hydrogen-bond donors (Lipinski definition) is 3. The first-order chi connectivity index (χ1) is 6.92. The molecule has 0 spiro atoms. The van der Waals surface area contributed by atoms with Crippen LogP contribution in [0, 0.1) is 0 Å². The molecule has 0 heterocycles. The van der Waals surface area contributed by atoms with Crippen molar-refractivity contribution in [3.8, 4) is 5.75 Å². The van der Waals surface area contributed by atoms with Crippen LogP contribution in [-0.4, -0.2) is 56.8 Å². The van der Waals surface area contributed by atoms with Gasteiger partial charge in [-0.05, 0) is 0 Å². The van der Waals surface area contributed by atoms with Gasteiger partial charge in [-0.3, -0.25) is 0 Å². The predicted molar refractivity (Wildman–Crippen MR) is 59.3 cm³/mol. The Morgan fingerprint density at radius 1 is 1.47 bits per heavy atom. The summed E-state index contributed by atoms with van der Waals surface area (Å²) in [5.41, 5.74) is 0.339. The molecule has 0 amide bonds. The second-order valence-electron chi connectivity index (χ2n) is 2.70. The van der Waals surface area contributed by atoms with Gasteiger partial charge < -0.3 is 0 Å². The molecule has 1 radical (unpaired) electrons. The average molecular weight is 486 g/mol. The normalized spacial score (nSPS) is 11.5. The molecule has 15 heavy (non-hydrogen) atoms. The third-order valence-electron chi connectivity index (χ3n) is 1.54. The zero-order chi connectivity index (χ0) is 11.5. The van der Waals surface area contributed by atoms with Gasteiger partial charge in [0.25, 0.3) is 0 Å². The summed E-state index contributed by atoms with van der Waals surface area (Å²) in [5, 5.41) is 11.9. The van der Waals surface area contributed by atoms with Crippen LogP contribution in [0.1, 0.15) is 0 Å². The van der Waals surface area contributed by atoms with Crippen molar-refractivity contribution in [3.63, 3.8) is 0 Å². The molecule has 8 heteroatoms. The summed E-state index contributed by atoms with van der Waals surface area (Å²) in [7, 11) is -4.07. The van der Waals surface area contributed by atoms with Gasteiger partial charge in [0.05, 0.1) is 0 Å². The molecule has 5 nitrogen and oxygen atoms in total. The number of phenols is 1. The molecule has 1 aromatic rings. The maximum atomic E-state index is 10.5. The van der Waals surface area contributed by atoms with Gasteiger partial charge in [-0.2, -0.15) is 0 Å². The Morgan fingerprint density at radius 2 is 2.13 bits per heavy atom. The first kappa shape index (κ1) is 13.2. The summed E-state index contributed by atoms with van der Waals surface area (Å²) < 4.78 is 30.6. The van der Waals surface area contributed by atoms with Crippen molar-refractivity contribution in [2.75, 3.05) is 11.2 Å². The van der Waals surface area contributed by atoms with Crippen molar-refractivity contribution in [1.82, 2.24) is 0 Å². The minimum absolute atomic E-state index is 0.0182. The second-order valence-corrected chi connectivity index (χ2v) is 9.70. The fourth-order valence-corrected chi connectivity index (χ4v) is 4.44. The van der Waals surface area contributed by atoms with Gasteiger partial charge >= 0.3 is 106 Å². The molecule has 0 bridgehead atoms. The summed E-state index contributed by atoms with van der Waals surface area (Å²) in [6.07, 6.45) is 0. The van der Waals surface area contributed by atoms with Crippen LogP contribution in [0.25, 0.3) is 0 Å². The van der Waals surface area contributed by atoms with Gasteiger partial charge in [-0.15, -0.1) is 0 Å². The number of aromatic hydroxyl groups is 1. The fraction of sp³-hybridized carbons (Fsp3) is 0.143. The van der Waals surface area contributed by atoms with Crippen molar-refractivity contribution >= 4 is 53.0 Å². The number of phenolic OH excluding ortho intramolecular Hbond substituents is 1. The summed E-state index contributed by atoms with van der Waals surface area (Å²) in [6, 6.07) is 5.04. The molecular formula is C7H8AsBiNO4S. The van der Waals surface area contributed by atoms with Gasteiger partial charge in [0.1, 0.15) is 0 Å². The average Bonchev–Trinajstić information content (AvgIpc) is 2.15. The van der Waals surface area contributed by atoms with Gasteiger partial charge in [0.15, 0.2) is 0 Å². The number of nitrogens with one attached hydrogen (secondary N) is 1. The van der Waals surface area contributed by atoms with Crippen LogP contribution in [0.4, 0.5) is 5.69 Å². The van der Waals surface area contributed by atoms with Crippen LogP contribution in [0.15, 0.2) is 18.2 Å². The van der Waals surface area contributed by atoms with E-state index in [1.54, 1.807) is 6.07 Å². The van der Waals surface area contributed by atoms with Crippen LogP contribution in [0.3, 0.4) is 0 Å². The molecule has 1 aromatic carbocycles. The summed E-state index contributed by atoms with van der Waals surface area (Å²) >= 11 is 1.40. The number of rotatable bonds is 4. The van der Waals surface area contributed by atoms with Crippen LogP contribution in [-0.2, 0) is 10.1 Å². The van der Waals surface area contributed by atoms with Gasteiger partial charge in [-0.1, -0.05) is 0 Å². The van der Waals surface area contributed by atoms with Crippen molar-refractivity contribution in [1.29, 1.82) is 0 Å². The van der Waals surface area contributed by atoms with E-state index in [4.69, 9.17) is 4.55 Å². The van der Waals surface area contributed by atoms with Gasteiger partial charge in [0, 0.05) is 0 Å². The molecule has 0 saturated carbocycles. The quantitative estimate of drug-likeness (QED) is 0.291. The monoisotopic (exact) mass is 486 g/mol. The fourth-order valence-electron chi connectivity index (χ4n) is 0.897. The van der Waals surface area contributed by atoms with E-state index >= 15 is 0 Å². The Hall–Kier alpha value is 0.172. The van der Waals surface area contributed by atoms with Crippen LogP contribution in [0.5, 0.6) is 5.75 Å². The van der Waals surface area contributed by atoms with Crippen molar-refractivity contribution in [2.45, 2.75) is 0 Å².